The van der Waals surface area contributed by atoms with E-state index in [0.717, 1.165) is 19.4 Å². The third-order valence-corrected chi connectivity index (χ3v) is 2.67. The highest BCUT2D eigenvalue weighted by Crippen LogP contribution is 2.06. The summed E-state index contributed by atoms with van der Waals surface area (Å²) in [6, 6.07) is 0. The van der Waals surface area contributed by atoms with Crippen molar-refractivity contribution in [3.05, 3.63) is 0 Å². The van der Waals surface area contributed by atoms with Crippen molar-refractivity contribution in [2.45, 2.75) is 47.0 Å². The Balaban J connectivity index is 3.69. The third kappa shape index (κ3) is 7.11. The molecule has 0 bridgehead atoms. The van der Waals surface area contributed by atoms with E-state index in [9.17, 15) is 9.59 Å². The fourth-order valence-electron chi connectivity index (χ4n) is 1.34. The van der Waals surface area contributed by atoms with Gasteiger partial charge in [0.05, 0.1) is 0 Å². The van der Waals surface area contributed by atoms with Gasteiger partial charge in [-0.15, -0.1) is 0 Å². The maximum Gasteiger partial charge on any atom is 0.223 e. The largest absolute Gasteiger partial charge is 0.356 e. The summed E-state index contributed by atoms with van der Waals surface area (Å²) in [6.45, 7) is 8.34. The molecule has 15 heavy (non-hydrogen) atoms. The molecule has 0 radical (unpaired) electrons. The van der Waals surface area contributed by atoms with Gasteiger partial charge in [-0.25, -0.2) is 0 Å². The molecule has 0 spiro atoms. The minimum Gasteiger partial charge on any atom is -0.356 e. The number of hydrogen-bond donors (Lipinski definition) is 1. The van der Waals surface area contributed by atoms with E-state index < -0.39 is 0 Å². The van der Waals surface area contributed by atoms with Crippen LogP contribution in [0, 0.1) is 11.8 Å². The normalized spacial score (nSPS) is 14.4. The molecule has 0 aliphatic heterocycles. The molecular formula is C12H23NO2. The average molecular weight is 213 g/mol. The highest BCUT2D eigenvalue weighted by atomic mass is 16.2. The summed E-state index contributed by atoms with van der Waals surface area (Å²) in [7, 11) is 0. The van der Waals surface area contributed by atoms with Crippen LogP contribution in [0.5, 0.6) is 0 Å². The molecule has 0 aromatic heterocycles. The van der Waals surface area contributed by atoms with E-state index in [2.05, 4.69) is 19.2 Å². The van der Waals surface area contributed by atoms with Crippen molar-refractivity contribution in [1.82, 2.24) is 5.32 Å². The lowest BCUT2D eigenvalue weighted by atomic mass is 10.0. The van der Waals surface area contributed by atoms with Gasteiger partial charge >= 0.3 is 0 Å². The highest BCUT2D eigenvalue weighted by molar-refractivity contribution is 5.85. The average Bonchev–Trinajstić information content (AvgIpc) is 2.16. The Morgan fingerprint density at radius 1 is 1.27 bits per heavy atom. The molecule has 3 heteroatoms. The fraction of sp³-hybridized carbons (Fsp3) is 0.833. The van der Waals surface area contributed by atoms with Crippen molar-refractivity contribution in [2.75, 3.05) is 6.54 Å². The molecule has 0 saturated carbocycles. The maximum absolute atomic E-state index is 11.5. The Morgan fingerprint density at radius 3 is 2.33 bits per heavy atom. The molecule has 0 aliphatic rings. The minimum absolute atomic E-state index is 0.00602. The van der Waals surface area contributed by atoms with Crippen molar-refractivity contribution >= 4 is 11.7 Å². The molecule has 1 N–H and O–H groups in total. The maximum atomic E-state index is 11.5. The number of carbonyl (C=O) groups excluding carboxylic acids is 2. The molecule has 88 valence electrons. The zero-order valence-electron chi connectivity index (χ0n) is 10.3. The second-order valence-electron chi connectivity index (χ2n) is 4.40. The van der Waals surface area contributed by atoms with Gasteiger partial charge < -0.3 is 10.1 Å². The van der Waals surface area contributed by atoms with Crippen molar-refractivity contribution in [2.24, 2.45) is 11.8 Å². The molecule has 0 aliphatic carbocycles. The Bertz CT molecular complexity index is 214. The van der Waals surface area contributed by atoms with Crippen LogP contribution in [0.1, 0.15) is 47.0 Å². The summed E-state index contributed by atoms with van der Waals surface area (Å²) in [5.41, 5.74) is 0. The molecule has 0 aromatic rings. The summed E-state index contributed by atoms with van der Waals surface area (Å²) in [6.07, 6.45) is 2.49. The molecule has 2 unspecified atom stereocenters. The number of amides is 1. The van der Waals surface area contributed by atoms with Gasteiger partial charge in [0.25, 0.3) is 0 Å². The third-order valence-electron chi connectivity index (χ3n) is 2.67. The molecule has 0 saturated heterocycles. The fourth-order valence-corrected chi connectivity index (χ4v) is 1.34. The second-order valence-corrected chi connectivity index (χ2v) is 4.40. The predicted octanol–water partition coefficient (Wildman–Crippen LogP) is 2.15. The Morgan fingerprint density at radius 2 is 1.87 bits per heavy atom. The van der Waals surface area contributed by atoms with Gasteiger partial charge in [0.15, 0.2) is 0 Å². The number of nitrogens with one attached hydrogen (secondary N) is 1. The monoisotopic (exact) mass is 213 g/mol. The van der Waals surface area contributed by atoms with E-state index >= 15 is 0 Å². The first-order chi connectivity index (χ1) is 6.97. The van der Waals surface area contributed by atoms with Crippen LogP contribution in [0.2, 0.25) is 0 Å². The molecular weight excluding hydrogens is 190 g/mol. The summed E-state index contributed by atoms with van der Waals surface area (Å²) >= 11 is 0. The summed E-state index contributed by atoms with van der Waals surface area (Å²) in [5.74, 6) is 0.515. The zero-order chi connectivity index (χ0) is 11.8. The van der Waals surface area contributed by atoms with Crippen LogP contribution in [-0.2, 0) is 9.59 Å². The van der Waals surface area contributed by atoms with Gasteiger partial charge in [-0.2, -0.15) is 0 Å². The van der Waals surface area contributed by atoms with Crippen LogP contribution in [-0.4, -0.2) is 18.2 Å². The van der Waals surface area contributed by atoms with Crippen LogP contribution in [0.25, 0.3) is 0 Å². The summed E-state index contributed by atoms with van der Waals surface area (Å²) in [4.78, 5) is 22.3. The van der Waals surface area contributed by atoms with E-state index in [0.29, 0.717) is 12.3 Å². The highest BCUT2D eigenvalue weighted by Gasteiger charge is 2.14. The lowest BCUT2D eigenvalue weighted by molar-refractivity contribution is -0.128. The smallest absolute Gasteiger partial charge is 0.223 e. The lowest BCUT2D eigenvalue weighted by Crippen LogP contribution is -2.31. The molecule has 3 nitrogen and oxygen atoms in total. The molecule has 0 heterocycles. The molecule has 0 aromatic carbocycles. The first-order valence-electron chi connectivity index (χ1n) is 5.74. The van der Waals surface area contributed by atoms with Gasteiger partial charge in [0.2, 0.25) is 5.91 Å². The summed E-state index contributed by atoms with van der Waals surface area (Å²) < 4.78 is 0. The van der Waals surface area contributed by atoms with E-state index in [4.69, 9.17) is 0 Å². The Labute approximate surface area is 92.6 Å². The quantitative estimate of drug-likeness (QED) is 0.704. The van der Waals surface area contributed by atoms with Gasteiger partial charge in [-0.3, -0.25) is 4.79 Å². The van der Waals surface area contributed by atoms with Crippen LogP contribution in [0.15, 0.2) is 0 Å². The molecule has 0 fully saturated rings. The zero-order valence-corrected chi connectivity index (χ0v) is 10.3. The number of Topliss-reactive ketones (excluding diaryl/α,β-unsaturated/α-hetero) is 1. The molecule has 2 atom stereocenters. The first kappa shape index (κ1) is 14.1. The SMILES string of the molecule is CCC(C)CCNC(=O)C(C)CC(C)=O. The van der Waals surface area contributed by atoms with Crippen molar-refractivity contribution in [3.8, 4) is 0 Å². The van der Waals surface area contributed by atoms with E-state index in [-0.39, 0.29) is 17.6 Å². The lowest BCUT2D eigenvalue weighted by Gasteiger charge is -2.12. The second kappa shape index (κ2) is 7.43. The predicted molar refractivity (Wildman–Crippen MR) is 61.5 cm³/mol. The van der Waals surface area contributed by atoms with Gasteiger partial charge in [-0.1, -0.05) is 27.2 Å². The topological polar surface area (TPSA) is 46.2 Å². The van der Waals surface area contributed by atoms with E-state index in [1.165, 1.54) is 6.92 Å². The number of hydrogen-bond acceptors (Lipinski definition) is 2. The minimum atomic E-state index is -0.195. The number of rotatable bonds is 7. The van der Waals surface area contributed by atoms with E-state index in [1.54, 1.807) is 6.92 Å². The van der Waals surface area contributed by atoms with Crippen molar-refractivity contribution < 1.29 is 9.59 Å². The van der Waals surface area contributed by atoms with Gasteiger partial charge in [0, 0.05) is 18.9 Å². The van der Waals surface area contributed by atoms with Crippen molar-refractivity contribution in [1.29, 1.82) is 0 Å². The standard InChI is InChI=1S/C12H23NO2/c1-5-9(2)6-7-13-12(15)10(3)8-11(4)14/h9-10H,5-8H2,1-4H3,(H,13,15). The molecule has 1 amide bonds. The summed E-state index contributed by atoms with van der Waals surface area (Å²) in [5, 5.41) is 2.86. The van der Waals surface area contributed by atoms with Crippen molar-refractivity contribution in [3.63, 3.8) is 0 Å². The number of ketones is 1. The first-order valence-corrected chi connectivity index (χ1v) is 5.74. The molecule has 0 rings (SSSR count). The van der Waals surface area contributed by atoms with Crippen LogP contribution in [0.3, 0.4) is 0 Å². The Kier molecular flexibility index (Phi) is 7.01. The number of carbonyl (C=O) groups is 2. The van der Waals surface area contributed by atoms with Crippen LogP contribution in [0.4, 0.5) is 0 Å². The van der Waals surface area contributed by atoms with E-state index in [1.807, 2.05) is 0 Å². The van der Waals surface area contributed by atoms with Crippen LogP contribution < -0.4 is 5.32 Å². The van der Waals surface area contributed by atoms with Gasteiger partial charge in [0.1, 0.15) is 5.78 Å². The Hall–Kier alpha value is -0.860. The van der Waals surface area contributed by atoms with Gasteiger partial charge in [-0.05, 0) is 19.3 Å². The van der Waals surface area contributed by atoms with Crippen LogP contribution >= 0.6 is 0 Å².